The number of aliphatic hydroxyl groups excluding tert-OH is 1. The highest BCUT2D eigenvalue weighted by molar-refractivity contribution is 5.79. The number of alkyl halides is 2. The van der Waals surface area contributed by atoms with Crippen LogP contribution in [0.3, 0.4) is 0 Å². The van der Waals surface area contributed by atoms with Gasteiger partial charge in [0.15, 0.2) is 0 Å². The molecule has 3 nitrogen and oxygen atoms in total. The maximum absolute atomic E-state index is 11.9. The van der Waals surface area contributed by atoms with Crippen molar-refractivity contribution in [3.05, 3.63) is 0 Å². The molecular formula is C7H13F2NO2. The topological polar surface area (TPSA) is 40.5 Å². The van der Waals surface area contributed by atoms with Gasteiger partial charge >= 0.3 is 6.43 Å². The second-order valence-electron chi connectivity index (χ2n) is 2.65. The van der Waals surface area contributed by atoms with Crippen LogP contribution >= 0.6 is 0 Å². The first-order valence-corrected chi connectivity index (χ1v) is 3.70. The molecule has 0 bridgehead atoms. The highest BCUT2D eigenvalue weighted by atomic mass is 19.3. The molecule has 72 valence electrons. The third-order valence-corrected chi connectivity index (χ3v) is 1.43. The van der Waals surface area contributed by atoms with Crippen molar-refractivity contribution in [3.63, 3.8) is 0 Å². The molecule has 0 aromatic heterocycles. The Hall–Kier alpha value is -0.710. The molecule has 0 aromatic carbocycles. The number of hydrogen-bond donors (Lipinski definition) is 1. The third-order valence-electron chi connectivity index (χ3n) is 1.43. The molecule has 0 unspecified atom stereocenters. The van der Waals surface area contributed by atoms with Gasteiger partial charge in [0.1, 0.15) is 0 Å². The van der Waals surface area contributed by atoms with E-state index in [2.05, 4.69) is 0 Å². The number of carbonyl (C=O) groups is 1. The molecule has 0 spiro atoms. The summed E-state index contributed by atoms with van der Waals surface area (Å²) in [6.07, 6.45) is -2.99. The normalized spacial score (nSPS) is 10.9. The lowest BCUT2D eigenvalue weighted by Crippen LogP contribution is -2.42. The molecule has 5 heteroatoms. The Bertz CT molecular complexity index is 150. The van der Waals surface area contributed by atoms with Crippen LogP contribution in [-0.4, -0.2) is 41.5 Å². The van der Waals surface area contributed by atoms with Gasteiger partial charge in [0.05, 0.1) is 6.61 Å². The zero-order chi connectivity index (χ0) is 9.72. The van der Waals surface area contributed by atoms with Crippen LogP contribution in [0.2, 0.25) is 0 Å². The largest absolute Gasteiger partial charge is 0.395 e. The van der Waals surface area contributed by atoms with Crippen LogP contribution in [0.5, 0.6) is 0 Å². The molecule has 0 aliphatic rings. The molecule has 1 amide bonds. The van der Waals surface area contributed by atoms with Crippen LogP contribution in [-0.2, 0) is 4.79 Å². The van der Waals surface area contributed by atoms with E-state index < -0.39 is 12.3 Å². The van der Waals surface area contributed by atoms with E-state index in [0.717, 1.165) is 4.90 Å². The van der Waals surface area contributed by atoms with Gasteiger partial charge in [-0.15, -0.1) is 0 Å². The fraction of sp³-hybridized carbons (Fsp3) is 0.857. The minimum Gasteiger partial charge on any atom is -0.395 e. The molecule has 0 aliphatic heterocycles. The van der Waals surface area contributed by atoms with Gasteiger partial charge in [-0.3, -0.25) is 4.79 Å². The third kappa shape index (κ3) is 3.13. The molecule has 0 radical (unpaired) electrons. The maximum atomic E-state index is 11.9. The zero-order valence-electron chi connectivity index (χ0n) is 7.13. The van der Waals surface area contributed by atoms with E-state index in [1.165, 1.54) is 0 Å². The van der Waals surface area contributed by atoms with Crippen LogP contribution in [0, 0.1) is 0 Å². The molecule has 1 N–H and O–H groups in total. The highest BCUT2D eigenvalue weighted by Gasteiger charge is 2.24. The molecule has 12 heavy (non-hydrogen) atoms. The predicted octanol–water partition coefficient (Wildman–Crippen LogP) is 0.481. The van der Waals surface area contributed by atoms with Crippen molar-refractivity contribution in [2.75, 3.05) is 13.2 Å². The fourth-order valence-corrected chi connectivity index (χ4v) is 0.856. The highest BCUT2D eigenvalue weighted by Crippen LogP contribution is 2.04. The number of amides is 1. The lowest BCUT2D eigenvalue weighted by Gasteiger charge is -2.25. The molecule has 0 rings (SSSR count). The van der Waals surface area contributed by atoms with Crippen molar-refractivity contribution < 1.29 is 18.7 Å². The quantitative estimate of drug-likeness (QED) is 0.685. The molecule has 0 atom stereocenters. The summed E-state index contributed by atoms with van der Waals surface area (Å²) < 4.78 is 23.8. The van der Waals surface area contributed by atoms with Crippen molar-refractivity contribution in [3.8, 4) is 0 Å². The number of hydrogen-bond acceptors (Lipinski definition) is 2. The summed E-state index contributed by atoms with van der Waals surface area (Å²) >= 11 is 0. The smallest absolute Gasteiger partial charge is 0.315 e. The van der Waals surface area contributed by atoms with E-state index in [1.807, 2.05) is 0 Å². The monoisotopic (exact) mass is 181 g/mol. The van der Waals surface area contributed by atoms with Crippen LogP contribution in [0.25, 0.3) is 0 Å². The van der Waals surface area contributed by atoms with Crippen LogP contribution in [0.15, 0.2) is 0 Å². The molecular weight excluding hydrogens is 168 g/mol. The maximum Gasteiger partial charge on any atom is 0.315 e. The lowest BCUT2D eigenvalue weighted by molar-refractivity contribution is -0.145. The first-order valence-electron chi connectivity index (χ1n) is 3.70. The van der Waals surface area contributed by atoms with E-state index >= 15 is 0 Å². The molecule has 0 saturated carbocycles. The van der Waals surface area contributed by atoms with Crippen LogP contribution < -0.4 is 0 Å². The van der Waals surface area contributed by atoms with Crippen molar-refractivity contribution in [2.45, 2.75) is 26.3 Å². The zero-order valence-corrected chi connectivity index (χ0v) is 7.13. The van der Waals surface area contributed by atoms with Crippen molar-refractivity contribution in [2.24, 2.45) is 0 Å². The Morgan fingerprint density at radius 3 is 2.25 bits per heavy atom. The van der Waals surface area contributed by atoms with Gasteiger partial charge < -0.3 is 10.0 Å². The number of rotatable bonds is 4. The number of carbonyl (C=O) groups excluding carboxylic acids is 1. The first kappa shape index (κ1) is 11.3. The molecule has 0 aromatic rings. The van der Waals surface area contributed by atoms with Crippen LogP contribution in [0.4, 0.5) is 8.78 Å². The summed E-state index contributed by atoms with van der Waals surface area (Å²) in [5, 5.41) is 8.48. The van der Waals surface area contributed by atoms with E-state index in [9.17, 15) is 13.6 Å². The second-order valence-corrected chi connectivity index (χ2v) is 2.65. The number of nitrogens with zero attached hydrogens (tertiary/aromatic N) is 1. The summed E-state index contributed by atoms with van der Waals surface area (Å²) in [4.78, 5) is 11.7. The van der Waals surface area contributed by atoms with Gasteiger partial charge in [0, 0.05) is 12.6 Å². The molecule has 0 fully saturated rings. The van der Waals surface area contributed by atoms with Gasteiger partial charge in [-0.1, -0.05) is 0 Å². The Morgan fingerprint density at radius 2 is 2.00 bits per heavy atom. The lowest BCUT2D eigenvalue weighted by atomic mass is 10.3. The summed E-state index contributed by atoms with van der Waals surface area (Å²) in [7, 11) is 0. The first-order chi connectivity index (χ1) is 5.50. The Morgan fingerprint density at radius 1 is 1.50 bits per heavy atom. The summed E-state index contributed by atoms with van der Waals surface area (Å²) in [6.45, 7) is 2.91. The predicted molar refractivity (Wildman–Crippen MR) is 39.9 cm³/mol. The average Bonchev–Trinajstić information content (AvgIpc) is 1.98. The second kappa shape index (κ2) is 5.03. The SMILES string of the molecule is CC(C)N(CCO)C(=O)C(F)F. The molecule has 0 heterocycles. The minimum atomic E-state index is -2.99. The van der Waals surface area contributed by atoms with Gasteiger partial charge in [-0.25, -0.2) is 0 Å². The summed E-state index contributed by atoms with van der Waals surface area (Å²) in [5.41, 5.74) is 0. The molecule has 0 saturated heterocycles. The van der Waals surface area contributed by atoms with Crippen molar-refractivity contribution in [1.82, 2.24) is 4.90 Å². The van der Waals surface area contributed by atoms with Crippen LogP contribution in [0.1, 0.15) is 13.8 Å². The molecule has 0 aliphatic carbocycles. The number of aliphatic hydroxyl groups is 1. The minimum absolute atomic E-state index is 0.0408. The summed E-state index contributed by atoms with van der Waals surface area (Å²) in [6, 6.07) is -0.307. The van der Waals surface area contributed by atoms with E-state index in [0.29, 0.717) is 0 Å². The van der Waals surface area contributed by atoms with Gasteiger partial charge in [-0.05, 0) is 13.8 Å². The Balaban J connectivity index is 4.19. The van der Waals surface area contributed by atoms with E-state index in [1.54, 1.807) is 13.8 Å². The Kier molecular flexibility index (Phi) is 4.73. The van der Waals surface area contributed by atoms with Crippen molar-refractivity contribution in [1.29, 1.82) is 0 Å². The Labute approximate surface area is 70.0 Å². The number of halogens is 2. The van der Waals surface area contributed by atoms with Crippen molar-refractivity contribution >= 4 is 5.91 Å². The summed E-state index contributed by atoms with van der Waals surface area (Å²) in [5.74, 6) is -1.22. The fourth-order valence-electron chi connectivity index (χ4n) is 0.856. The standard InChI is InChI=1S/C7H13F2NO2/c1-5(2)10(3-4-11)7(12)6(8)9/h5-6,11H,3-4H2,1-2H3. The van der Waals surface area contributed by atoms with Gasteiger partial charge in [-0.2, -0.15) is 8.78 Å². The van der Waals surface area contributed by atoms with E-state index in [-0.39, 0.29) is 19.2 Å². The van der Waals surface area contributed by atoms with Gasteiger partial charge in [0.2, 0.25) is 0 Å². The van der Waals surface area contributed by atoms with Gasteiger partial charge in [0.25, 0.3) is 5.91 Å². The van der Waals surface area contributed by atoms with E-state index in [4.69, 9.17) is 5.11 Å². The average molecular weight is 181 g/mol.